The Kier molecular flexibility index (Phi) is 3.61. The number of halogens is 3. The summed E-state index contributed by atoms with van der Waals surface area (Å²) in [7, 11) is 0. The van der Waals surface area contributed by atoms with Crippen molar-refractivity contribution >= 4 is 17.5 Å². The van der Waals surface area contributed by atoms with Gasteiger partial charge in [-0.2, -0.15) is 0 Å². The van der Waals surface area contributed by atoms with Crippen molar-refractivity contribution in [1.29, 1.82) is 0 Å². The summed E-state index contributed by atoms with van der Waals surface area (Å²) in [6.45, 7) is 0. The molecule has 4 nitrogen and oxygen atoms in total. The maximum atomic E-state index is 13.8. The number of primary amides is 1. The van der Waals surface area contributed by atoms with Crippen molar-refractivity contribution in [3.63, 3.8) is 0 Å². The minimum atomic E-state index is -2.99. The summed E-state index contributed by atoms with van der Waals surface area (Å²) in [6.07, 6.45) is 0.462. The third-order valence-corrected chi connectivity index (χ3v) is 4.56. The monoisotopic (exact) mass is 325 g/mol. The van der Waals surface area contributed by atoms with Gasteiger partial charge in [0.2, 0.25) is 17.7 Å². The van der Waals surface area contributed by atoms with Gasteiger partial charge in [0.1, 0.15) is 11.9 Å². The molecule has 1 aromatic carbocycles. The molecule has 123 valence electrons. The van der Waals surface area contributed by atoms with Gasteiger partial charge in [-0.25, -0.2) is 13.2 Å². The Labute approximate surface area is 131 Å². The highest BCUT2D eigenvalue weighted by molar-refractivity contribution is 6.06. The SMILES string of the molecule is NC(=O)C1C[C@]2(C[CH]CC(F)(F)C2)C(=O)N1c1cccc(F)c1. The molecule has 7 heteroatoms. The van der Waals surface area contributed by atoms with E-state index in [1.54, 1.807) is 0 Å². The molecular formula is C16H16F3N2O2. The molecule has 1 saturated heterocycles. The summed E-state index contributed by atoms with van der Waals surface area (Å²) in [6, 6.07) is 4.09. The molecule has 2 N–H and O–H groups in total. The number of nitrogens with two attached hydrogens (primary N) is 1. The average Bonchev–Trinajstić information content (AvgIpc) is 2.71. The molecule has 1 aliphatic heterocycles. The number of hydrogen-bond donors (Lipinski definition) is 1. The Bertz CT molecular complexity index is 664. The van der Waals surface area contributed by atoms with E-state index in [0.29, 0.717) is 0 Å². The number of amides is 2. The van der Waals surface area contributed by atoms with Gasteiger partial charge in [0.05, 0.1) is 5.41 Å². The fourth-order valence-electron chi connectivity index (χ4n) is 3.61. The van der Waals surface area contributed by atoms with Crippen LogP contribution in [-0.4, -0.2) is 23.8 Å². The Hall–Kier alpha value is -2.05. The molecule has 0 aromatic heterocycles. The number of hydrogen-bond acceptors (Lipinski definition) is 2. The zero-order valence-electron chi connectivity index (χ0n) is 12.3. The maximum Gasteiger partial charge on any atom is 0.249 e. The van der Waals surface area contributed by atoms with Gasteiger partial charge in [-0.3, -0.25) is 14.5 Å². The predicted molar refractivity (Wildman–Crippen MR) is 77.0 cm³/mol. The number of benzene rings is 1. The van der Waals surface area contributed by atoms with Gasteiger partial charge in [-0.15, -0.1) is 0 Å². The first kappa shape index (κ1) is 15.8. The van der Waals surface area contributed by atoms with Gasteiger partial charge in [-0.05, 0) is 37.5 Å². The normalized spacial score (nSPS) is 30.0. The molecule has 1 unspecified atom stereocenters. The van der Waals surface area contributed by atoms with Crippen LogP contribution in [0.2, 0.25) is 0 Å². The highest BCUT2D eigenvalue weighted by Gasteiger charge is 2.59. The Morgan fingerprint density at radius 1 is 1.30 bits per heavy atom. The highest BCUT2D eigenvalue weighted by atomic mass is 19.3. The van der Waals surface area contributed by atoms with Crippen molar-refractivity contribution in [3.8, 4) is 0 Å². The van der Waals surface area contributed by atoms with Crippen LogP contribution >= 0.6 is 0 Å². The van der Waals surface area contributed by atoms with Crippen molar-refractivity contribution in [2.24, 2.45) is 11.1 Å². The number of alkyl halides is 2. The lowest BCUT2D eigenvalue weighted by Gasteiger charge is -2.36. The first-order valence-corrected chi connectivity index (χ1v) is 7.32. The van der Waals surface area contributed by atoms with Crippen molar-refractivity contribution in [2.75, 3.05) is 4.90 Å². The number of nitrogens with zero attached hydrogens (tertiary/aromatic N) is 1. The fraction of sp³-hybridized carbons (Fsp3) is 0.438. The summed E-state index contributed by atoms with van der Waals surface area (Å²) in [5, 5.41) is 0. The van der Waals surface area contributed by atoms with E-state index in [2.05, 4.69) is 0 Å². The van der Waals surface area contributed by atoms with Crippen molar-refractivity contribution in [2.45, 2.75) is 37.6 Å². The van der Waals surface area contributed by atoms with E-state index < -0.39 is 41.4 Å². The zero-order chi connectivity index (χ0) is 16.8. The van der Waals surface area contributed by atoms with Gasteiger partial charge in [0.25, 0.3) is 0 Å². The van der Waals surface area contributed by atoms with Crippen LogP contribution < -0.4 is 10.6 Å². The zero-order valence-corrected chi connectivity index (χ0v) is 12.3. The van der Waals surface area contributed by atoms with Gasteiger partial charge < -0.3 is 5.73 Å². The second kappa shape index (κ2) is 5.25. The maximum absolute atomic E-state index is 13.8. The van der Waals surface area contributed by atoms with Gasteiger partial charge >= 0.3 is 0 Å². The first-order valence-electron chi connectivity index (χ1n) is 7.32. The summed E-state index contributed by atoms with van der Waals surface area (Å²) in [5.74, 6) is -4.95. The molecule has 1 spiro atoms. The molecule has 1 heterocycles. The summed E-state index contributed by atoms with van der Waals surface area (Å²) in [5.41, 5.74) is 4.16. The second-order valence-electron chi connectivity index (χ2n) is 6.29. The first-order chi connectivity index (χ1) is 10.7. The molecule has 2 aliphatic rings. The molecular weight excluding hydrogens is 309 g/mol. The van der Waals surface area contributed by atoms with Crippen molar-refractivity contribution < 1.29 is 22.8 Å². The summed E-state index contributed by atoms with van der Waals surface area (Å²) >= 11 is 0. The van der Waals surface area contributed by atoms with E-state index in [1.165, 1.54) is 24.6 Å². The quantitative estimate of drug-likeness (QED) is 0.908. The number of carbonyl (C=O) groups excluding carboxylic acids is 2. The molecule has 0 bridgehead atoms. The lowest BCUT2D eigenvalue weighted by molar-refractivity contribution is -0.135. The smallest absolute Gasteiger partial charge is 0.249 e. The van der Waals surface area contributed by atoms with E-state index in [-0.39, 0.29) is 24.9 Å². The predicted octanol–water partition coefficient (Wildman–Crippen LogP) is 2.43. The van der Waals surface area contributed by atoms with E-state index in [1.807, 2.05) is 0 Å². The molecule has 2 atom stereocenters. The Balaban J connectivity index is 2.02. The van der Waals surface area contributed by atoms with E-state index >= 15 is 0 Å². The molecule has 1 saturated carbocycles. The largest absolute Gasteiger partial charge is 0.368 e. The van der Waals surface area contributed by atoms with Crippen LogP contribution in [0.1, 0.15) is 25.7 Å². The molecule has 2 fully saturated rings. The second-order valence-corrected chi connectivity index (χ2v) is 6.29. The highest BCUT2D eigenvalue weighted by Crippen LogP contribution is 2.52. The lowest BCUT2D eigenvalue weighted by atomic mass is 9.70. The molecule has 1 aromatic rings. The number of rotatable bonds is 2. The summed E-state index contributed by atoms with van der Waals surface area (Å²) in [4.78, 5) is 25.6. The van der Waals surface area contributed by atoms with E-state index in [4.69, 9.17) is 5.73 Å². The van der Waals surface area contributed by atoms with Crippen LogP contribution in [0, 0.1) is 17.7 Å². The fourth-order valence-corrected chi connectivity index (χ4v) is 3.61. The van der Waals surface area contributed by atoms with Crippen LogP contribution in [0.4, 0.5) is 18.9 Å². The third-order valence-electron chi connectivity index (χ3n) is 4.56. The Morgan fingerprint density at radius 2 is 2.04 bits per heavy atom. The van der Waals surface area contributed by atoms with Crippen molar-refractivity contribution in [1.82, 2.24) is 0 Å². The van der Waals surface area contributed by atoms with Gasteiger partial charge in [0, 0.05) is 18.5 Å². The molecule has 2 amide bonds. The van der Waals surface area contributed by atoms with Crippen LogP contribution in [0.15, 0.2) is 24.3 Å². The van der Waals surface area contributed by atoms with Crippen LogP contribution in [0.25, 0.3) is 0 Å². The lowest BCUT2D eigenvalue weighted by Crippen LogP contribution is -2.44. The minimum Gasteiger partial charge on any atom is -0.368 e. The average molecular weight is 325 g/mol. The molecule has 1 radical (unpaired) electrons. The number of anilines is 1. The topological polar surface area (TPSA) is 63.4 Å². The van der Waals surface area contributed by atoms with Crippen LogP contribution in [0.3, 0.4) is 0 Å². The number of carbonyl (C=O) groups is 2. The van der Waals surface area contributed by atoms with E-state index in [0.717, 1.165) is 11.0 Å². The third kappa shape index (κ3) is 2.68. The molecule has 23 heavy (non-hydrogen) atoms. The molecule has 3 rings (SSSR count). The van der Waals surface area contributed by atoms with Gasteiger partial charge in [-0.1, -0.05) is 6.07 Å². The van der Waals surface area contributed by atoms with Crippen molar-refractivity contribution in [3.05, 3.63) is 36.5 Å². The van der Waals surface area contributed by atoms with E-state index in [9.17, 15) is 22.8 Å². The van der Waals surface area contributed by atoms with Crippen LogP contribution in [0.5, 0.6) is 0 Å². The summed E-state index contributed by atoms with van der Waals surface area (Å²) < 4.78 is 41.1. The molecule has 1 aliphatic carbocycles. The minimum absolute atomic E-state index is 0.0796. The Morgan fingerprint density at radius 3 is 2.65 bits per heavy atom. The standard InChI is InChI=1S/C16H16F3N2O2/c17-10-3-1-4-11(7-10)21-12(13(20)22)8-15(14(21)23)5-2-6-16(18,19)9-15/h1-4,7,12H,5-6,8-9H2,(H2,20,22)/t12?,15-/m0/s1. The van der Waals surface area contributed by atoms with Crippen LogP contribution in [-0.2, 0) is 9.59 Å². The van der Waals surface area contributed by atoms with Gasteiger partial charge in [0.15, 0.2) is 0 Å².